The fourth-order valence-electron chi connectivity index (χ4n) is 1.55. The van der Waals surface area contributed by atoms with Gasteiger partial charge in [0, 0.05) is 19.8 Å². The number of nitrogens with two attached hydrogens (primary N) is 1. The maximum Gasteiger partial charge on any atom is 0.0954 e. The average Bonchev–Trinajstić information content (AvgIpc) is 2.92. The van der Waals surface area contributed by atoms with E-state index in [4.69, 9.17) is 10.2 Å². The standard InChI is InChI=1S/C11H9NOS2/c12-11(7-1-3-13-6-7)10-5-9-8(15-10)2-4-14-9/h1-6,11H,12H2. The predicted molar refractivity (Wildman–Crippen MR) is 64.4 cm³/mol. The summed E-state index contributed by atoms with van der Waals surface area (Å²) in [5.74, 6) is 0. The summed E-state index contributed by atoms with van der Waals surface area (Å²) in [7, 11) is 0. The molecule has 3 heterocycles. The Balaban J connectivity index is 2.03. The Labute approximate surface area is 95.0 Å². The fraction of sp³-hybridized carbons (Fsp3) is 0.0909. The van der Waals surface area contributed by atoms with Gasteiger partial charge in [-0.25, -0.2) is 0 Å². The number of rotatable bonds is 2. The van der Waals surface area contributed by atoms with E-state index >= 15 is 0 Å². The van der Waals surface area contributed by atoms with E-state index in [1.807, 2.05) is 6.07 Å². The van der Waals surface area contributed by atoms with E-state index in [0.29, 0.717) is 0 Å². The first-order chi connectivity index (χ1) is 7.34. The van der Waals surface area contributed by atoms with Gasteiger partial charge in [0.25, 0.3) is 0 Å². The molecular weight excluding hydrogens is 226 g/mol. The molecule has 0 saturated carbocycles. The second kappa shape index (κ2) is 3.48. The van der Waals surface area contributed by atoms with Crippen LogP contribution in [0.5, 0.6) is 0 Å². The average molecular weight is 235 g/mol. The molecule has 0 saturated heterocycles. The number of thiophene rings is 2. The molecule has 2 N–H and O–H groups in total. The molecule has 0 amide bonds. The van der Waals surface area contributed by atoms with Crippen LogP contribution in [-0.2, 0) is 0 Å². The van der Waals surface area contributed by atoms with Crippen molar-refractivity contribution in [2.45, 2.75) is 6.04 Å². The van der Waals surface area contributed by atoms with Gasteiger partial charge in [0.15, 0.2) is 0 Å². The molecule has 0 aliphatic carbocycles. The topological polar surface area (TPSA) is 39.2 Å². The van der Waals surface area contributed by atoms with Gasteiger partial charge in [0.2, 0.25) is 0 Å². The molecule has 0 aliphatic rings. The van der Waals surface area contributed by atoms with Crippen LogP contribution in [0.15, 0.2) is 40.5 Å². The van der Waals surface area contributed by atoms with E-state index in [2.05, 4.69) is 17.5 Å². The summed E-state index contributed by atoms with van der Waals surface area (Å²) in [5.41, 5.74) is 7.17. The lowest BCUT2D eigenvalue weighted by Crippen LogP contribution is -2.08. The molecule has 76 valence electrons. The van der Waals surface area contributed by atoms with Gasteiger partial charge in [-0.15, -0.1) is 22.7 Å². The molecule has 0 aromatic carbocycles. The minimum Gasteiger partial charge on any atom is -0.472 e. The van der Waals surface area contributed by atoms with Crippen LogP contribution in [0.1, 0.15) is 16.5 Å². The van der Waals surface area contributed by atoms with Crippen LogP contribution in [0, 0.1) is 0 Å². The zero-order valence-electron chi connectivity index (χ0n) is 7.84. The van der Waals surface area contributed by atoms with Crippen molar-refractivity contribution in [2.24, 2.45) is 5.73 Å². The summed E-state index contributed by atoms with van der Waals surface area (Å²) in [6, 6.07) is 6.16. The third-order valence-corrected chi connectivity index (χ3v) is 4.54. The van der Waals surface area contributed by atoms with Crippen LogP contribution in [-0.4, -0.2) is 0 Å². The molecule has 0 radical (unpaired) electrons. The van der Waals surface area contributed by atoms with Crippen molar-refractivity contribution in [3.63, 3.8) is 0 Å². The summed E-state index contributed by atoms with van der Waals surface area (Å²) >= 11 is 3.51. The maximum atomic E-state index is 6.14. The predicted octanol–water partition coefficient (Wildman–Crippen LogP) is 3.60. The number of fused-ring (bicyclic) bond motifs is 1. The number of hydrogen-bond donors (Lipinski definition) is 1. The number of hydrogen-bond acceptors (Lipinski definition) is 4. The van der Waals surface area contributed by atoms with Gasteiger partial charge in [-0.05, 0) is 23.6 Å². The molecule has 15 heavy (non-hydrogen) atoms. The van der Waals surface area contributed by atoms with Crippen LogP contribution in [0.4, 0.5) is 0 Å². The highest BCUT2D eigenvalue weighted by molar-refractivity contribution is 7.26. The van der Waals surface area contributed by atoms with Gasteiger partial charge in [0.1, 0.15) is 0 Å². The third kappa shape index (κ3) is 1.51. The van der Waals surface area contributed by atoms with Crippen LogP contribution < -0.4 is 5.73 Å². The molecule has 0 aliphatic heterocycles. The van der Waals surface area contributed by atoms with E-state index in [1.54, 1.807) is 35.2 Å². The van der Waals surface area contributed by atoms with Gasteiger partial charge in [-0.1, -0.05) is 0 Å². The lowest BCUT2D eigenvalue weighted by Gasteiger charge is -2.04. The Morgan fingerprint density at radius 1 is 1.27 bits per heavy atom. The summed E-state index contributed by atoms with van der Waals surface area (Å²) in [6.45, 7) is 0. The molecule has 3 aromatic heterocycles. The highest BCUT2D eigenvalue weighted by Gasteiger charge is 2.13. The van der Waals surface area contributed by atoms with E-state index in [0.717, 1.165) is 5.56 Å². The van der Waals surface area contributed by atoms with Crippen molar-refractivity contribution >= 4 is 32.1 Å². The van der Waals surface area contributed by atoms with Crippen molar-refractivity contribution in [3.05, 3.63) is 46.5 Å². The SMILES string of the molecule is NC(c1ccoc1)c1cc2sccc2s1. The van der Waals surface area contributed by atoms with Crippen LogP contribution >= 0.6 is 22.7 Å². The molecule has 2 nitrogen and oxygen atoms in total. The Morgan fingerprint density at radius 2 is 2.20 bits per heavy atom. The van der Waals surface area contributed by atoms with Crippen molar-refractivity contribution in [3.8, 4) is 0 Å². The maximum absolute atomic E-state index is 6.14. The highest BCUT2D eigenvalue weighted by Crippen LogP contribution is 2.34. The van der Waals surface area contributed by atoms with Crippen LogP contribution in [0.2, 0.25) is 0 Å². The van der Waals surface area contributed by atoms with Crippen molar-refractivity contribution in [1.29, 1.82) is 0 Å². The molecule has 1 unspecified atom stereocenters. The van der Waals surface area contributed by atoms with Crippen molar-refractivity contribution in [2.75, 3.05) is 0 Å². The van der Waals surface area contributed by atoms with E-state index in [1.165, 1.54) is 14.3 Å². The van der Waals surface area contributed by atoms with Gasteiger partial charge < -0.3 is 10.2 Å². The van der Waals surface area contributed by atoms with E-state index in [-0.39, 0.29) is 6.04 Å². The third-order valence-electron chi connectivity index (χ3n) is 2.37. The van der Waals surface area contributed by atoms with Crippen LogP contribution in [0.25, 0.3) is 9.40 Å². The lowest BCUT2D eigenvalue weighted by atomic mass is 10.1. The molecule has 0 bridgehead atoms. The summed E-state index contributed by atoms with van der Waals surface area (Å²) in [5, 5.41) is 2.11. The van der Waals surface area contributed by atoms with Gasteiger partial charge in [-0.3, -0.25) is 0 Å². The molecule has 0 fully saturated rings. The van der Waals surface area contributed by atoms with Crippen molar-refractivity contribution in [1.82, 2.24) is 0 Å². The fourth-order valence-corrected chi connectivity index (χ4v) is 3.70. The normalized spacial score (nSPS) is 13.4. The Bertz CT molecular complexity index is 536. The monoisotopic (exact) mass is 235 g/mol. The molecule has 1 atom stereocenters. The largest absolute Gasteiger partial charge is 0.472 e. The first-order valence-corrected chi connectivity index (χ1v) is 6.29. The van der Waals surface area contributed by atoms with Gasteiger partial charge in [0.05, 0.1) is 18.6 Å². The smallest absolute Gasteiger partial charge is 0.0954 e. The Kier molecular flexibility index (Phi) is 2.12. The summed E-state index contributed by atoms with van der Waals surface area (Å²) in [6.07, 6.45) is 3.36. The Hall–Kier alpha value is -1.10. The second-order valence-corrected chi connectivity index (χ2v) is 5.40. The van der Waals surface area contributed by atoms with Crippen LogP contribution in [0.3, 0.4) is 0 Å². The van der Waals surface area contributed by atoms with Gasteiger partial charge in [-0.2, -0.15) is 0 Å². The zero-order chi connectivity index (χ0) is 10.3. The minimum absolute atomic E-state index is 0.0617. The number of furan rings is 1. The molecule has 4 heteroatoms. The lowest BCUT2D eigenvalue weighted by molar-refractivity contribution is 0.562. The van der Waals surface area contributed by atoms with Crippen molar-refractivity contribution < 1.29 is 4.42 Å². The Morgan fingerprint density at radius 3 is 2.93 bits per heavy atom. The van der Waals surface area contributed by atoms with E-state index < -0.39 is 0 Å². The minimum atomic E-state index is -0.0617. The first-order valence-electron chi connectivity index (χ1n) is 4.59. The molecule has 3 aromatic rings. The quantitative estimate of drug-likeness (QED) is 0.737. The highest BCUT2D eigenvalue weighted by atomic mass is 32.1. The second-order valence-electron chi connectivity index (χ2n) is 3.33. The molecule has 0 spiro atoms. The van der Waals surface area contributed by atoms with Gasteiger partial charge >= 0.3 is 0 Å². The zero-order valence-corrected chi connectivity index (χ0v) is 9.48. The molecular formula is C11H9NOS2. The van der Waals surface area contributed by atoms with E-state index in [9.17, 15) is 0 Å². The first kappa shape index (κ1) is 9.15. The molecule has 3 rings (SSSR count). The summed E-state index contributed by atoms with van der Waals surface area (Å²) in [4.78, 5) is 1.19. The summed E-state index contributed by atoms with van der Waals surface area (Å²) < 4.78 is 7.67.